The van der Waals surface area contributed by atoms with Gasteiger partial charge in [-0.1, -0.05) is 117 Å². The Morgan fingerprint density at radius 2 is 1.06 bits per heavy atom. The number of fused-ring (bicyclic) bond motifs is 10. The van der Waals surface area contributed by atoms with Crippen molar-refractivity contribution < 1.29 is 8.83 Å². The Morgan fingerprint density at radius 3 is 1.85 bits per heavy atom. The van der Waals surface area contributed by atoms with Crippen molar-refractivity contribution in [3.8, 4) is 56.7 Å². The van der Waals surface area contributed by atoms with Gasteiger partial charge in [0, 0.05) is 33.1 Å². The standard InChI is InChI=1S/C47H30N4O2/c1-47(2)35-16-10-9-15-32(35)34-26-31(19-21-36(34)47)45-50-43(28-11-5-3-6-12-28)49-44(51-45)30-18-17-27-20-23-38-40(33(27)25-30)41-39(52-38)24-22-37-42(41)53-46(48-37)29-13-7-4-8-14-29/h3-26H,1-2H3. The van der Waals surface area contributed by atoms with Crippen LogP contribution in [0.1, 0.15) is 25.0 Å². The van der Waals surface area contributed by atoms with E-state index in [0.717, 1.165) is 60.5 Å². The molecule has 250 valence electrons. The zero-order valence-corrected chi connectivity index (χ0v) is 29.0. The first kappa shape index (κ1) is 29.8. The van der Waals surface area contributed by atoms with Crippen molar-refractivity contribution in [2.24, 2.45) is 0 Å². The summed E-state index contributed by atoms with van der Waals surface area (Å²) >= 11 is 0. The molecular weight excluding hydrogens is 653 g/mol. The summed E-state index contributed by atoms with van der Waals surface area (Å²) < 4.78 is 12.9. The van der Waals surface area contributed by atoms with Crippen LogP contribution in [0.2, 0.25) is 0 Å². The summed E-state index contributed by atoms with van der Waals surface area (Å²) in [6.45, 7) is 4.59. The van der Waals surface area contributed by atoms with Crippen LogP contribution in [0.5, 0.6) is 0 Å². The minimum Gasteiger partial charge on any atom is -0.456 e. The molecule has 11 rings (SSSR count). The molecule has 1 aliphatic rings. The summed E-state index contributed by atoms with van der Waals surface area (Å²) in [5.74, 6) is 2.42. The second-order valence-corrected chi connectivity index (χ2v) is 14.3. The lowest BCUT2D eigenvalue weighted by Gasteiger charge is -2.21. The Labute approximate surface area is 304 Å². The van der Waals surface area contributed by atoms with Crippen molar-refractivity contribution in [2.45, 2.75) is 19.3 Å². The number of hydrogen-bond acceptors (Lipinski definition) is 6. The summed E-state index contributed by atoms with van der Waals surface area (Å²) in [7, 11) is 0. The maximum absolute atomic E-state index is 6.49. The second-order valence-electron chi connectivity index (χ2n) is 14.3. The molecule has 0 N–H and O–H groups in total. The highest BCUT2D eigenvalue weighted by Crippen LogP contribution is 2.49. The highest BCUT2D eigenvalue weighted by atomic mass is 16.4. The van der Waals surface area contributed by atoms with Gasteiger partial charge in [-0.3, -0.25) is 0 Å². The molecule has 0 spiro atoms. The lowest BCUT2D eigenvalue weighted by Crippen LogP contribution is -2.14. The fourth-order valence-corrected chi connectivity index (χ4v) is 8.11. The van der Waals surface area contributed by atoms with E-state index in [-0.39, 0.29) is 5.41 Å². The molecule has 3 aromatic heterocycles. The minimum atomic E-state index is -0.0853. The monoisotopic (exact) mass is 682 g/mol. The molecule has 0 fully saturated rings. The molecule has 0 unspecified atom stereocenters. The van der Waals surface area contributed by atoms with E-state index in [2.05, 4.69) is 80.6 Å². The Bertz CT molecular complexity index is 3090. The molecule has 0 aliphatic heterocycles. The predicted molar refractivity (Wildman–Crippen MR) is 211 cm³/mol. The highest BCUT2D eigenvalue weighted by Gasteiger charge is 2.35. The molecule has 0 saturated carbocycles. The van der Waals surface area contributed by atoms with E-state index in [1.54, 1.807) is 0 Å². The van der Waals surface area contributed by atoms with Gasteiger partial charge in [0.05, 0.1) is 5.39 Å². The zero-order chi connectivity index (χ0) is 35.3. The van der Waals surface area contributed by atoms with E-state index >= 15 is 0 Å². The van der Waals surface area contributed by atoms with E-state index in [4.69, 9.17) is 28.8 Å². The molecule has 10 aromatic rings. The average Bonchev–Trinajstić information content (AvgIpc) is 3.89. The topological polar surface area (TPSA) is 77.8 Å². The quantitative estimate of drug-likeness (QED) is 0.184. The minimum absolute atomic E-state index is 0.0853. The van der Waals surface area contributed by atoms with Crippen molar-refractivity contribution in [2.75, 3.05) is 0 Å². The van der Waals surface area contributed by atoms with Crippen LogP contribution in [0.4, 0.5) is 0 Å². The van der Waals surface area contributed by atoms with Crippen LogP contribution in [0.3, 0.4) is 0 Å². The molecule has 6 heteroatoms. The summed E-state index contributed by atoms with van der Waals surface area (Å²) in [4.78, 5) is 20.2. The summed E-state index contributed by atoms with van der Waals surface area (Å²) in [5.41, 5.74) is 11.7. The molecule has 3 heterocycles. The van der Waals surface area contributed by atoms with Gasteiger partial charge in [0.15, 0.2) is 23.1 Å². The molecule has 6 nitrogen and oxygen atoms in total. The van der Waals surface area contributed by atoms with Crippen LogP contribution in [0, 0.1) is 0 Å². The second kappa shape index (κ2) is 11.0. The molecular formula is C47H30N4O2. The lowest BCUT2D eigenvalue weighted by molar-refractivity contribution is 0.622. The number of furan rings is 1. The van der Waals surface area contributed by atoms with Crippen LogP contribution in [-0.4, -0.2) is 19.9 Å². The predicted octanol–water partition coefficient (Wildman–Crippen LogP) is 12.0. The molecule has 53 heavy (non-hydrogen) atoms. The number of hydrogen-bond donors (Lipinski definition) is 0. The normalized spacial score (nSPS) is 13.2. The smallest absolute Gasteiger partial charge is 0.227 e. The van der Waals surface area contributed by atoms with Gasteiger partial charge in [0.2, 0.25) is 5.89 Å². The number of oxazole rings is 1. The van der Waals surface area contributed by atoms with Gasteiger partial charge in [0.1, 0.15) is 16.7 Å². The fourth-order valence-electron chi connectivity index (χ4n) is 8.11. The van der Waals surface area contributed by atoms with E-state index in [1.165, 1.54) is 22.3 Å². The summed E-state index contributed by atoms with van der Waals surface area (Å²) in [5, 5.41) is 3.96. The largest absolute Gasteiger partial charge is 0.456 e. The van der Waals surface area contributed by atoms with Crippen molar-refractivity contribution >= 4 is 43.8 Å². The van der Waals surface area contributed by atoms with Crippen molar-refractivity contribution in [1.82, 2.24) is 19.9 Å². The van der Waals surface area contributed by atoms with Crippen molar-refractivity contribution in [1.29, 1.82) is 0 Å². The third-order valence-electron chi connectivity index (χ3n) is 10.8. The van der Waals surface area contributed by atoms with E-state index in [0.29, 0.717) is 28.9 Å². The number of benzene rings is 7. The SMILES string of the molecule is CC1(C)c2ccccc2-c2cc(-c3nc(-c4ccccc4)nc(-c4ccc5ccc6oc7ccc8nc(-c9ccccc9)oc8c7c6c5c4)n3)ccc21. The Balaban J connectivity index is 1.12. The van der Waals surface area contributed by atoms with Crippen LogP contribution in [0.15, 0.2) is 154 Å². The molecule has 0 amide bonds. The van der Waals surface area contributed by atoms with Gasteiger partial charge in [-0.25, -0.2) is 19.9 Å². The molecule has 0 saturated heterocycles. The number of rotatable bonds is 4. The average molecular weight is 683 g/mol. The van der Waals surface area contributed by atoms with Gasteiger partial charge in [-0.2, -0.15) is 0 Å². The number of nitrogens with zero attached hydrogens (tertiary/aromatic N) is 4. The molecule has 0 radical (unpaired) electrons. The first-order valence-corrected chi connectivity index (χ1v) is 17.8. The van der Waals surface area contributed by atoms with E-state index < -0.39 is 0 Å². The van der Waals surface area contributed by atoms with E-state index in [1.807, 2.05) is 78.9 Å². The Hall–Kier alpha value is -6.92. The van der Waals surface area contributed by atoms with Crippen LogP contribution in [-0.2, 0) is 5.41 Å². The van der Waals surface area contributed by atoms with Gasteiger partial charge in [-0.05, 0) is 75.5 Å². The first-order valence-electron chi connectivity index (χ1n) is 17.8. The molecule has 1 aliphatic carbocycles. The van der Waals surface area contributed by atoms with E-state index in [9.17, 15) is 0 Å². The molecule has 0 atom stereocenters. The third kappa shape index (κ3) is 4.52. The van der Waals surface area contributed by atoms with Gasteiger partial charge < -0.3 is 8.83 Å². The zero-order valence-electron chi connectivity index (χ0n) is 29.0. The first-order chi connectivity index (χ1) is 26.0. The van der Waals surface area contributed by atoms with Gasteiger partial charge in [0.25, 0.3) is 0 Å². The third-order valence-corrected chi connectivity index (χ3v) is 10.8. The molecule has 0 bridgehead atoms. The Kier molecular flexibility index (Phi) is 6.20. The number of aromatic nitrogens is 4. The van der Waals surface area contributed by atoms with Crippen LogP contribution < -0.4 is 0 Å². The maximum Gasteiger partial charge on any atom is 0.227 e. The van der Waals surface area contributed by atoms with Gasteiger partial charge >= 0.3 is 0 Å². The summed E-state index contributed by atoms with van der Waals surface area (Å²) in [6, 6.07) is 49.8. The maximum atomic E-state index is 6.49. The van der Waals surface area contributed by atoms with Gasteiger partial charge in [-0.15, -0.1) is 0 Å². The van der Waals surface area contributed by atoms with Crippen molar-refractivity contribution in [3.63, 3.8) is 0 Å². The Morgan fingerprint density at radius 1 is 0.453 bits per heavy atom. The molecule has 7 aromatic carbocycles. The van der Waals surface area contributed by atoms with Crippen LogP contribution >= 0.6 is 0 Å². The summed E-state index contributed by atoms with van der Waals surface area (Å²) in [6.07, 6.45) is 0. The highest BCUT2D eigenvalue weighted by molar-refractivity contribution is 6.25. The van der Waals surface area contributed by atoms with Crippen molar-refractivity contribution in [3.05, 3.63) is 157 Å². The lowest BCUT2D eigenvalue weighted by atomic mass is 9.82. The van der Waals surface area contributed by atoms with Crippen LogP contribution in [0.25, 0.3) is 101 Å². The fraction of sp³-hybridized carbons (Fsp3) is 0.0638.